The van der Waals surface area contributed by atoms with Gasteiger partial charge in [-0.25, -0.2) is 15.8 Å². The van der Waals surface area contributed by atoms with Crippen LogP contribution in [0.3, 0.4) is 0 Å². The van der Waals surface area contributed by atoms with Crippen LogP contribution < -0.4 is 10.9 Å². The Bertz CT molecular complexity index is 1030. The van der Waals surface area contributed by atoms with E-state index in [1.165, 1.54) is 0 Å². The van der Waals surface area contributed by atoms with Gasteiger partial charge in [0.25, 0.3) is 0 Å². The van der Waals surface area contributed by atoms with Crippen LogP contribution in [0.2, 0.25) is 20.1 Å². The molecule has 126 valence electrons. The third-order valence-corrected chi connectivity index (χ3v) is 5.11. The zero-order chi connectivity index (χ0) is 17.7. The molecular weight excluding hydrogens is 404 g/mol. The molecule has 1 aromatic heterocycles. The number of rotatable bonds is 3. The van der Waals surface area contributed by atoms with Crippen molar-refractivity contribution in [3.63, 3.8) is 0 Å². The van der Waals surface area contributed by atoms with Crippen LogP contribution in [-0.2, 0) is 0 Å². The lowest BCUT2D eigenvalue weighted by molar-refractivity contribution is 0.0989. The van der Waals surface area contributed by atoms with E-state index in [4.69, 9.17) is 46.4 Å². The number of halogens is 4. The summed E-state index contributed by atoms with van der Waals surface area (Å²) in [5, 5.41) is 2.25. The number of aromatic nitrogens is 1. The quantitative estimate of drug-likeness (QED) is 0.461. The molecule has 0 unspecified atom stereocenters. The highest BCUT2D eigenvalue weighted by molar-refractivity contribution is 6.42. The average Bonchev–Trinajstić information content (AvgIpc) is 3.41. The van der Waals surface area contributed by atoms with Crippen LogP contribution in [0.4, 0.5) is 0 Å². The molecule has 1 fully saturated rings. The van der Waals surface area contributed by atoms with Crippen molar-refractivity contribution in [1.82, 2.24) is 15.8 Å². The van der Waals surface area contributed by atoms with Gasteiger partial charge in [0.05, 0.1) is 26.3 Å². The molecule has 0 amide bonds. The Morgan fingerprint density at radius 2 is 1.68 bits per heavy atom. The molecule has 25 heavy (non-hydrogen) atoms. The SMILES string of the molecule is O=C(c1cc(-c2ccc(Cl)c(Cl)c2)nc2c(Cl)cc(Cl)cc12)C1NN1. The Kier molecular flexibility index (Phi) is 4.36. The molecule has 4 rings (SSSR count). The van der Waals surface area contributed by atoms with Crippen LogP contribution >= 0.6 is 46.4 Å². The molecule has 2 N–H and O–H groups in total. The molecule has 1 aliphatic rings. The van der Waals surface area contributed by atoms with E-state index < -0.39 is 6.17 Å². The smallest absolute Gasteiger partial charge is 0.197 e. The van der Waals surface area contributed by atoms with E-state index in [-0.39, 0.29) is 5.78 Å². The Hall–Kier alpha value is -1.40. The minimum atomic E-state index is -0.426. The summed E-state index contributed by atoms with van der Waals surface area (Å²) in [5.74, 6) is -0.118. The Balaban J connectivity index is 1.99. The third kappa shape index (κ3) is 3.22. The number of hydrogen-bond donors (Lipinski definition) is 2. The Labute approximate surface area is 163 Å². The number of hydrazine groups is 1. The molecule has 4 nitrogen and oxygen atoms in total. The van der Waals surface area contributed by atoms with Crippen LogP contribution in [0.1, 0.15) is 10.4 Å². The summed E-state index contributed by atoms with van der Waals surface area (Å²) in [6, 6.07) is 10.2. The molecule has 2 aromatic carbocycles. The summed E-state index contributed by atoms with van der Waals surface area (Å²) in [5.41, 5.74) is 7.82. The highest BCUT2D eigenvalue weighted by Crippen LogP contribution is 2.34. The van der Waals surface area contributed by atoms with E-state index in [9.17, 15) is 4.79 Å². The van der Waals surface area contributed by atoms with Gasteiger partial charge in [-0.3, -0.25) is 4.79 Å². The molecular formula is C17H9Cl4N3O. The van der Waals surface area contributed by atoms with Crippen molar-refractivity contribution >= 4 is 63.1 Å². The Morgan fingerprint density at radius 3 is 2.36 bits per heavy atom. The van der Waals surface area contributed by atoms with Crippen molar-refractivity contribution in [3.05, 3.63) is 62.1 Å². The zero-order valence-electron chi connectivity index (χ0n) is 12.4. The molecule has 0 atom stereocenters. The van der Waals surface area contributed by atoms with Gasteiger partial charge < -0.3 is 0 Å². The molecule has 1 aliphatic heterocycles. The summed E-state index contributed by atoms with van der Waals surface area (Å²) in [6.07, 6.45) is -0.426. The van der Waals surface area contributed by atoms with Crippen LogP contribution in [0, 0.1) is 0 Å². The van der Waals surface area contributed by atoms with Gasteiger partial charge in [0.15, 0.2) is 5.78 Å². The minimum Gasteiger partial charge on any atom is -0.291 e. The van der Waals surface area contributed by atoms with E-state index >= 15 is 0 Å². The van der Waals surface area contributed by atoms with Crippen LogP contribution in [0.25, 0.3) is 22.2 Å². The number of nitrogens with one attached hydrogen (secondary N) is 2. The number of carbonyl (C=O) groups excluding carboxylic acids is 1. The lowest BCUT2D eigenvalue weighted by atomic mass is 10.0. The van der Waals surface area contributed by atoms with Crippen molar-refractivity contribution < 1.29 is 4.79 Å². The van der Waals surface area contributed by atoms with Crippen molar-refractivity contribution in [2.45, 2.75) is 6.17 Å². The van der Waals surface area contributed by atoms with Crippen LogP contribution in [0.15, 0.2) is 36.4 Å². The molecule has 0 spiro atoms. The summed E-state index contributed by atoms with van der Waals surface area (Å²) in [6.45, 7) is 0. The second kappa shape index (κ2) is 6.40. The maximum atomic E-state index is 12.7. The van der Waals surface area contributed by atoms with Gasteiger partial charge in [0.2, 0.25) is 0 Å². The fourth-order valence-corrected chi connectivity index (χ4v) is 3.42. The number of Topliss-reactive ketones (excluding diaryl/α,β-unsaturated/α-hetero) is 1. The predicted molar refractivity (Wildman–Crippen MR) is 102 cm³/mol. The molecule has 3 aromatic rings. The van der Waals surface area contributed by atoms with Gasteiger partial charge in [-0.15, -0.1) is 0 Å². The van der Waals surface area contributed by atoms with E-state index in [0.717, 1.165) is 5.56 Å². The first-order valence-corrected chi connectivity index (χ1v) is 8.76. The maximum Gasteiger partial charge on any atom is 0.197 e. The first-order valence-electron chi connectivity index (χ1n) is 7.24. The van der Waals surface area contributed by atoms with Gasteiger partial charge >= 0.3 is 0 Å². The van der Waals surface area contributed by atoms with Crippen LogP contribution in [0.5, 0.6) is 0 Å². The van der Waals surface area contributed by atoms with Crippen molar-refractivity contribution in [2.24, 2.45) is 0 Å². The van der Waals surface area contributed by atoms with Gasteiger partial charge in [0.1, 0.15) is 6.17 Å². The first-order chi connectivity index (χ1) is 11.9. The summed E-state index contributed by atoms with van der Waals surface area (Å²) in [4.78, 5) is 17.3. The maximum absolute atomic E-state index is 12.7. The lowest BCUT2D eigenvalue weighted by Gasteiger charge is -2.11. The lowest BCUT2D eigenvalue weighted by Crippen LogP contribution is -2.12. The second-order valence-electron chi connectivity index (χ2n) is 5.55. The number of ketones is 1. The number of pyridine rings is 1. The van der Waals surface area contributed by atoms with E-state index in [1.807, 2.05) is 0 Å². The van der Waals surface area contributed by atoms with Gasteiger partial charge in [-0.1, -0.05) is 52.5 Å². The number of benzene rings is 2. The molecule has 0 aliphatic carbocycles. The number of carbonyl (C=O) groups is 1. The van der Waals surface area contributed by atoms with E-state index in [0.29, 0.717) is 42.3 Å². The summed E-state index contributed by atoms with van der Waals surface area (Å²) in [7, 11) is 0. The fraction of sp³-hybridized carbons (Fsp3) is 0.0588. The van der Waals surface area contributed by atoms with E-state index in [1.54, 1.807) is 36.4 Å². The molecule has 0 saturated carbocycles. The normalized spacial score (nSPS) is 14.1. The average molecular weight is 413 g/mol. The van der Waals surface area contributed by atoms with E-state index in [2.05, 4.69) is 15.8 Å². The number of hydrogen-bond acceptors (Lipinski definition) is 4. The number of fused-ring (bicyclic) bond motifs is 1. The molecule has 0 radical (unpaired) electrons. The highest BCUT2D eigenvalue weighted by atomic mass is 35.5. The topological polar surface area (TPSA) is 73.8 Å². The predicted octanol–water partition coefficient (Wildman–Crippen LogP) is 5.13. The highest BCUT2D eigenvalue weighted by Gasteiger charge is 2.31. The molecule has 8 heteroatoms. The van der Waals surface area contributed by atoms with Crippen molar-refractivity contribution in [1.29, 1.82) is 0 Å². The molecule has 2 heterocycles. The minimum absolute atomic E-state index is 0.118. The monoisotopic (exact) mass is 411 g/mol. The second-order valence-corrected chi connectivity index (χ2v) is 7.21. The van der Waals surface area contributed by atoms with Crippen molar-refractivity contribution in [2.75, 3.05) is 0 Å². The largest absolute Gasteiger partial charge is 0.291 e. The summed E-state index contributed by atoms with van der Waals surface area (Å²) < 4.78 is 0. The molecule has 1 saturated heterocycles. The van der Waals surface area contributed by atoms with Gasteiger partial charge in [-0.2, -0.15) is 0 Å². The fourth-order valence-electron chi connectivity index (χ4n) is 2.59. The standard InChI is InChI=1S/C17H9Cl4N3O/c18-8-4-9-10(16(25)17-23-24-17)6-14(22-15(9)13(21)5-8)7-1-2-11(19)12(20)3-7/h1-6,17,23-24H. The third-order valence-electron chi connectivity index (χ3n) is 3.86. The summed E-state index contributed by atoms with van der Waals surface area (Å²) >= 11 is 24.5. The molecule has 0 bridgehead atoms. The van der Waals surface area contributed by atoms with Gasteiger partial charge in [0, 0.05) is 21.5 Å². The Morgan fingerprint density at radius 1 is 0.920 bits per heavy atom. The van der Waals surface area contributed by atoms with Gasteiger partial charge in [-0.05, 0) is 30.3 Å². The van der Waals surface area contributed by atoms with Crippen LogP contribution in [-0.4, -0.2) is 16.9 Å². The first kappa shape index (κ1) is 17.0. The zero-order valence-corrected chi connectivity index (χ0v) is 15.4. The van der Waals surface area contributed by atoms with Crippen molar-refractivity contribution in [3.8, 4) is 11.3 Å². The number of nitrogens with zero attached hydrogens (tertiary/aromatic N) is 1.